The molecule has 3 N–H and O–H groups in total. The maximum Gasteiger partial charge on any atom is 0.272 e. The van der Waals surface area contributed by atoms with E-state index in [0.29, 0.717) is 30.2 Å². The van der Waals surface area contributed by atoms with Crippen molar-refractivity contribution in [1.82, 2.24) is 15.1 Å². The molecular formula is C11H16N4O. The first-order valence-corrected chi connectivity index (χ1v) is 5.12. The molecule has 1 rings (SSSR count). The number of nitrogens with two attached hydrogens (primary N) is 1. The smallest absolute Gasteiger partial charge is 0.272 e. The van der Waals surface area contributed by atoms with Gasteiger partial charge in [0.1, 0.15) is 5.69 Å². The van der Waals surface area contributed by atoms with Crippen LogP contribution < -0.4 is 11.1 Å². The predicted molar refractivity (Wildman–Crippen MR) is 62.8 cm³/mol. The van der Waals surface area contributed by atoms with Gasteiger partial charge in [-0.1, -0.05) is 5.92 Å². The highest BCUT2D eigenvalue weighted by molar-refractivity contribution is 5.98. The average molecular weight is 220 g/mol. The second-order valence-corrected chi connectivity index (χ2v) is 3.27. The fraction of sp³-hybridized carbons (Fsp3) is 0.455. The van der Waals surface area contributed by atoms with Crippen molar-refractivity contribution in [1.29, 1.82) is 0 Å². The number of hydrogen-bond donors (Lipinski definition) is 2. The maximum atomic E-state index is 11.8. The Morgan fingerprint density at radius 1 is 1.62 bits per heavy atom. The van der Waals surface area contributed by atoms with Crippen LogP contribution in [-0.4, -0.2) is 22.2 Å². The largest absolute Gasteiger partial charge is 0.395 e. The lowest BCUT2D eigenvalue weighted by Gasteiger charge is -2.04. The number of carbonyl (C=O) groups is 1. The maximum absolute atomic E-state index is 11.8. The van der Waals surface area contributed by atoms with Gasteiger partial charge in [-0.25, -0.2) is 0 Å². The fourth-order valence-electron chi connectivity index (χ4n) is 1.36. The van der Waals surface area contributed by atoms with Gasteiger partial charge in [0.2, 0.25) is 0 Å². The summed E-state index contributed by atoms with van der Waals surface area (Å²) < 4.78 is 1.60. The van der Waals surface area contributed by atoms with Gasteiger partial charge in [0, 0.05) is 6.54 Å². The summed E-state index contributed by atoms with van der Waals surface area (Å²) in [5, 5.41) is 6.85. The molecule has 1 heterocycles. The molecule has 1 aromatic rings. The third kappa shape index (κ3) is 2.34. The number of carbonyl (C=O) groups excluding carboxylic acids is 1. The Balaban J connectivity index is 2.92. The normalized spacial score (nSPS) is 9.44. The minimum Gasteiger partial charge on any atom is -0.395 e. The van der Waals surface area contributed by atoms with Crippen LogP contribution in [0.15, 0.2) is 0 Å². The molecule has 0 aliphatic rings. The number of nitrogens with zero attached hydrogens (tertiary/aromatic N) is 2. The van der Waals surface area contributed by atoms with Gasteiger partial charge in [0.15, 0.2) is 0 Å². The zero-order valence-corrected chi connectivity index (χ0v) is 9.79. The minimum atomic E-state index is -0.234. The Morgan fingerprint density at radius 2 is 2.31 bits per heavy atom. The molecule has 0 spiro atoms. The summed E-state index contributed by atoms with van der Waals surface area (Å²) in [7, 11) is 0. The molecule has 0 saturated carbocycles. The van der Waals surface area contributed by atoms with E-state index in [4.69, 9.17) is 5.73 Å². The zero-order valence-electron chi connectivity index (χ0n) is 9.79. The summed E-state index contributed by atoms with van der Waals surface area (Å²) in [4.78, 5) is 11.8. The van der Waals surface area contributed by atoms with Gasteiger partial charge in [-0.2, -0.15) is 5.10 Å². The van der Waals surface area contributed by atoms with Crippen molar-refractivity contribution in [3.8, 4) is 11.8 Å². The van der Waals surface area contributed by atoms with Crippen molar-refractivity contribution in [2.24, 2.45) is 0 Å². The van der Waals surface area contributed by atoms with Crippen LogP contribution in [0.25, 0.3) is 0 Å². The number of rotatable bonds is 3. The summed E-state index contributed by atoms with van der Waals surface area (Å²) in [6, 6.07) is 0. The molecule has 5 nitrogen and oxygen atoms in total. The van der Waals surface area contributed by atoms with Crippen LogP contribution in [0.4, 0.5) is 5.69 Å². The number of aromatic nitrogens is 2. The lowest BCUT2D eigenvalue weighted by molar-refractivity contribution is 0.0949. The highest BCUT2D eigenvalue weighted by atomic mass is 16.2. The summed E-state index contributed by atoms with van der Waals surface area (Å²) in [5.41, 5.74) is 7.33. The summed E-state index contributed by atoms with van der Waals surface area (Å²) >= 11 is 0. The van der Waals surface area contributed by atoms with E-state index in [1.807, 2.05) is 6.92 Å². The zero-order chi connectivity index (χ0) is 12.1. The van der Waals surface area contributed by atoms with E-state index in [-0.39, 0.29) is 5.91 Å². The first-order chi connectivity index (χ1) is 7.61. The Labute approximate surface area is 95.0 Å². The standard InChI is InChI=1S/C11H16N4O/c1-4-6-7-13-11(16)10-9(12)8(3)14-15(10)5-2/h5,7,12H2,1-3H3,(H,13,16). The molecule has 86 valence electrons. The van der Waals surface area contributed by atoms with Crippen LogP contribution in [0.5, 0.6) is 0 Å². The van der Waals surface area contributed by atoms with Crippen molar-refractivity contribution in [3.63, 3.8) is 0 Å². The van der Waals surface area contributed by atoms with Crippen LogP contribution in [0.3, 0.4) is 0 Å². The first kappa shape index (κ1) is 12.1. The van der Waals surface area contributed by atoms with Gasteiger partial charge in [-0.3, -0.25) is 9.48 Å². The molecule has 0 aliphatic carbocycles. The van der Waals surface area contributed by atoms with Gasteiger partial charge >= 0.3 is 0 Å². The van der Waals surface area contributed by atoms with Gasteiger partial charge in [-0.15, -0.1) is 5.92 Å². The molecule has 0 saturated heterocycles. The number of nitrogens with one attached hydrogen (secondary N) is 1. The highest BCUT2D eigenvalue weighted by Crippen LogP contribution is 2.15. The molecule has 0 aromatic carbocycles. The molecule has 16 heavy (non-hydrogen) atoms. The van der Waals surface area contributed by atoms with Crippen molar-refractivity contribution in [2.45, 2.75) is 27.3 Å². The first-order valence-electron chi connectivity index (χ1n) is 5.12. The van der Waals surface area contributed by atoms with Crippen LogP contribution in [0.1, 0.15) is 30.0 Å². The molecule has 1 amide bonds. The van der Waals surface area contributed by atoms with Gasteiger partial charge in [-0.05, 0) is 20.8 Å². The van der Waals surface area contributed by atoms with Crippen LogP contribution in [0, 0.1) is 18.8 Å². The SMILES string of the molecule is CC#CCNC(=O)c1c(N)c(C)nn1CC. The van der Waals surface area contributed by atoms with Gasteiger partial charge in [0.25, 0.3) is 5.91 Å². The lowest BCUT2D eigenvalue weighted by Crippen LogP contribution is -2.27. The van der Waals surface area contributed by atoms with Crippen LogP contribution in [0.2, 0.25) is 0 Å². The fourth-order valence-corrected chi connectivity index (χ4v) is 1.36. The van der Waals surface area contributed by atoms with Crippen molar-refractivity contribution < 1.29 is 4.79 Å². The van der Waals surface area contributed by atoms with Gasteiger partial charge < -0.3 is 11.1 Å². The molecule has 0 radical (unpaired) electrons. The molecule has 5 heteroatoms. The molecule has 0 unspecified atom stereocenters. The Morgan fingerprint density at radius 3 is 2.88 bits per heavy atom. The van der Waals surface area contributed by atoms with E-state index < -0.39 is 0 Å². The molecule has 1 aromatic heterocycles. The highest BCUT2D eigenvalue weighted by Gasteiger charge is 2.18. The third-order valence-electron chi connectivity index (χ3n) is 2.20. The number of anilines is 1. The number of aryl methyl sites for hydroxylation is 2. The van der Waals surface area contributed by atoms with E-state index in [9.17, 15) is 4.79 Å². The molecular weight excluding hydrogens is 204 g/mol. The van der Waals surface area contributed by atoms with Gasteiger partial charge in [0.05, 0.1) is 17.9 Å². The second-order valence-electron chi connectivity index (χ2n) is 3.27. The monoisotopic (exact) mass is 220 g/mol. The Bertz CT molecular complexity index is 451. The number of amides is 1. The molecule has 0 aliphatic heterocycles. The summed E-state index contributed by atoms with van der Waals surface area (Å²) in [6.45, 7) is 6.35. The minimum absolute atomic E-state index is 0.234. The summed E-state index contributed by atoms with van der Waals surface area (Å²) in [6.07, 6.45) is 0. The summed E-state index contributed by atoms with van der Waals surface area (Å²) in [5.74, 6) is 5.23. The Hall–Kier alpha value is -1.96. The molecule has 0 bridgehead atoms. The van der Waals surface area contributed by atoms with Crippen molar-refractivity contribution >= 4 is 11.6 Å². The van der Waals surface area contributed by atoms with E-state index in [1.54, 1.807) is 18.5 Å². The Kier molecular flexibility index (Phi) is 3.95. The van der Waals surface area contributed by atoms with E-state index in [2.05, 4.69) is 22.3 Å². The number of nitrogen functional groups attached to an aromatic ring is 1. The molecule has 0 atom stereocenters. The average Bonchev–Trinajstić information content (AvgIpc) is 2.55. The third-order valence-corrected chi connectivity index (χ3v) is 2.20. The number of hydrogen-bond acceptors (Lipinski definition) is 3. The lowest BCUT2D eigenvalue weighted by atomic mass is 10.3. The van der Waals surface area contributed by atoms with E-state index in [1.165, 1.54) is 0 Å². The topological polar surface area (TPSA) is 72.9 Å². The van der Waals surface area contributed by atoms with E-state index in [0.717, 1.165) is 0 Å². The van der Waals surface area contributed by atoms with Crippen LogP contribution in [-0.2, 0) is 6.54 Å². The predicted octanol–water partition coefficient (Wildman–Crippen LogP) is 0.547. The van der Waals surface area contributed by atoms with Crippen molar-refractivity contribution in [3.05, 3.63) is 11.4 Å². The van der Waals surface area contributed by atoms with Crippen molar-refractivity contribution in [2.75, 3.05) is 12.3 Å². The second kappa shape index (κ2) is 5.21. The molecule has 0 fully saturated rings. The van der Waals surface area contributed by atoms with E-state index >= 15 is 0 Å². The quantitative estimate of drug-likeness (QED) is 0.730. The van der Waals surface area contributed by atoms with Crippen LogP contribution >= 0.6 is 0 Å².